The fourth-order valence-electron chi connectivity index (χ4n) is 1.82. The van der Waals surface area contributed by atoms with Crippen molar-refractivity contribution in [2.75, 3.05) is 0 Å². The third kappa shape index (κ3) is 1.97. The summed E-state index contributed by atoms with van der Waals surface area (Å²) in [5.74, 6) is 0.561. The van der Waals surface area contributed by atoms with Crippen LogP contribution < -0.4 is 0 Å². The summed E-state index contributed by atoms with van der Waals surface area (Å²) in [5, 5.41) is 0. The van der Waals surface area contributed by atoms with E-state index in [4.69, 9.17) is 0 Å². The summed E-state index contributed by atoms with van der Waals surface area (Å²) in [6.45, 7) is 0. The zero-order valence-electron chi connectivity index (χ0n) is 7.54. The molecule has 0 heterocycles. The lowest BCUT2D eigenvalue weighted by molar-refractivity contribution is 0.535. The molecule has 2 rings (SSSR count). The van der Waals surface area contributed by atoms with Gasteiger partial charge in [0.1, 0.15) is 5.82 Å². The fourth-order valence-corrected chi connectivity index (χ4v) is 1.82. The van der Waals surface area contributed by atoms with E-state index in [1.165, 1.54) is 6.07 Å². The Morgan fingerprint density at radius 2 is 1.85 bits per heavy atom. The van der Waals surface area contributed by atoms with Gasteiger partial charge in [0.15, 0.2) is 0 Å². The van der Waals surface area contributed by atoms with Crippen molar-refractivity contribution >= 4 is 0 Å². The van der Waals surface area contributed by atoms with E-state index in [-0.39, 0.29) is 5.82 Å². The predicted molar refractivity (Wildman–Crippen MR) is 52.0 cm³/mol. The Kier molecular flexibility index (Phi) is 2.44. The maximum atomic E-state index is 13.2. The van der Waals surface area contributed by atoms with Crippen molar-refractivity contribution in [2.45, 2.75) is 19.3 Å². The molecule has 0 N–H and O–H groups in total. The second kappa shape index (κ2) is 3.73. The number of hydrogen-bond acceptors (Lipinski definition) is 0. The molecule has 0 aliphatic heterocycles. The van der Waals surface area contributed by atoms with Gasteiger partial charge in [0, 0.05) is 0 Å². The molecule has 1 aliphatic rings. The maximum Gasteiger partial charge on any atom is 0.126 e. The van der Waals surface area contributed by atoms with E-state index in [0.717, 1.165) is 24.8 Å². The number of benzene rings is 1. The summed E-state index contributed by atoms with van der Waals surface area (Å²) >= 11 is 0. The van der Waals surface area contributed by atoms with Gasteiger partial charge in [-0.3, -0.25) is 0 Å². The summed E-state index contributed by atoms with van der Waals surface area (Å²) in [6, 6.07) is 7.07. The summed E-state index contributed by atoms with van der Waals surface area (Å²) in [6.07, 6.45) is 7.46. The average Bonchev–Trinajstić information content (AvgIpc) is 2.61. The van der Waals surface area contributed by atoms with Crippen LogP contribution in [0.3, 0.4) is 0 Å². The van der Waals surface area contributed by atoms with Gasteiger partial charge in [0.05, 0.1) is 0 Å². The molecule has 68 valence electrons. The highest BCUT2D eigenvalue weighted by Crippen LogP contribution is 2.23. The Balaban J connectivity index is 2.05. The first-order valence-electron chi connectivity index (χ1n) is 4.74. The third-order valence-electron chi connectivity index (χ3n) is 2.57. The molecule has 0 saturated heterocycles. The zero-order valence-corrected chi connectivity index (χ0v) is 7.54. The average molecular weight is 176 g/mol. The topological polar surface area (TPSA) is 0 Å². The van der Waals surface area contributed by atoms with E-state index in [1.54, 1.807) is 6.07 Å². The second-order valence-electron chi connectivity index (χ2n) is 3.60. The third-order valence-corrected chi connectivity index (χ3v) is 2.57. The number of rotatable bonds is 2. The molecule has 0 spiro atoms. The van der Waals surface area contributed by atoms with Crippen molar-refractivity contribution in [1.82, 2.24) is 0 Å². The molecule has 0 aromatic heterocycles. The van der Waals surface area contributed by atoms with Crippen molar-refractivity contribution in [3.8, 4) is 0 Å². The minimum atomic E-state index is -0.0607. The quantitative estimate of drug-likeness (QED) is 0.606. The molecule has 0 radical (unpaired) electrons. The molecule has 0 amide bonds. The Morgan fingerprint density at radius 3 is 2.54 bits per heavy atom. The molecule has 0 saturated carbocycles. The summed E-state index contributed by atoms with van der Waals surface area (Å²) in [7, 11) is 0. The summed E-state index contributed by atoms with van der Waals surface area (Å²) in [5.41, 5.74) is 0.858. The Bertz CT molecular complexity index is 307. The highest BCUT2D eigenvalue weighted by molar-refractivity contribution is 5.18. The number of allylic oxidation sites excluding steroid dienone is 2. The minimum Gasteiger partial charge on any atom is -0.207 e. The van der Waals surface area contributed by atoms with Crippen LogP contribution >= 0.6 is 0 Å². The monoisotopic (exact) mass is 176 g/mol. The highest BCUT2D eigenvalue weighted by Gasteiger charge is 2.12. The van der Waals surface area contributed by atoms with Gasteiger partial charge in [-0.1, -0.05) is 30.4 Å². The Labute approximate surface area is 78.1 Å². The van der Waals surface area contributed by atoms with Crippen LogP contribution in [0.5, 0.6) is 0 Å². The molecular weight excluding hydrogens is 163 g/mol. The van der Waals surface area contributed by atoms with E-state index in [2.05, 4.69) is 12.2 Å². The second-order valence-corrected chi connectivity index (χ2v) is 3.60. The van der Waals surface area contributed by atoms with Gasteiger partial charge in [-0.2, -0.15) is 0 Å². The molecule has 1 aliphatic carbocycles. The van der Waals surface area contributed by atoms with Gasteiger partial charge in [-0.25, -0.2) is 4.39 Å². The van der Waals surface area contributed by atoms with Crippen LogP contribution in [0.15, 0.2) is 36.4 Å². The van der Waals surface area contributed by atoms with Gasteiger partial charge in [-0.15, -0.1) is 0 Å². The van der Waals surface area contributed by atoms with E-state index in [1.807, 2.05) is 12.1 Å². The molecular formula is C12H13F. The predicted octanol–water partition coefficient (Wildman–Crippen LogP) is 3.33. The SMILES string of the molecule is Fc1ccccc1CC1CC=CC1. The van der Waals surface area contributed by atoms with Crippen molar-refractivity contribution in [2.24, 2.45) is 5.92 Å². The van der Waals surface area contributed by atoms with Gasteiger partial charge >= 0.3 is 0 Å². The molecule has 0 unspecified atom stereocenters. The van der Waals surface area contributed by atoms with Gasteiger partial charge < -0.3 is 0 Å². The molecule has 1 heteroatoms. The van der Waals surface area contributed by atoms with Crippen LogP contribution in [0.1, 0.15) is 18.4 Å². The van der Waals surface area contributed by atoms with Crippen LogP contribution in [-0.4, -0.2) is 0 Å². The minimum absolute atomic E-state index is 0.0607. The Hall–Kier alpha value is -1.11. The number of halogens is 1. The fraction of sp³-hybridized carbons (Fsp3) is 0.333. The van der Waals surface area contributed by atoms with E-state index < -0.39 is 0 Å². The number of hydrogen-bond donors (Lipinski definition) is 0. The molecule has 1 aromatic carbocycles. The lowest BCUT2D eigenvalue weighted by Gasteiger charge is -2.09. The smallest absolute Gasteiger partial charge is 0.126 e. The van der Waals surface area contributed by atoms with Gasteiger partial charge in [0.25, 0.3) is 0 Å². The summed E-state index contributed by atoms with van der Waals surface area (Å²) in [4.78, 5) is 0. The van der Waals surface area contributed by atoms with E-state index in [9.17, 15) is 4.39 Å². The maximum absolute atomic E-state index is 13.2. The van der Waals surface area contributed by atoms with Crippen LogP contribution in [0.2, 0.25) is 0 Å². The first-order valence-corrected chi connectivity index (χ1v) is 4.74. The largest absolute Gasteiger partial charge is 0.207 e. The van der Waals surface area contributed by atoms with Crippen LogP contribution in [-0.2, 0) is 6.42 Å². The normalized spacial score (nSPS) is 16.7. The first-order chi connectivity index (χ1) is 6.36. The van der Waals surface area contributed by atoms with Gasteiger partial charge in [-0.05, 0) is 36.8 Å². The first kappa shape index (κ1) is 8.49. The molecule has 0 fully saturated rings. The lowest BCUT2D eigenvalue weighted by atomic mass is 9.97. The lowest BCUT2D eigenvalue weighted by Crippen LogP contribution is -2.01. The van der Waals surface area contributed by atoms with Crippen molar-refractivity contribution < 1.29 is 4.39 Å². The van der Waals surface area contributed by atoms with Crippen LogP contribution in [0, 0.1) is 11.7 Å². The molecule has 1 aromatic rings. The van der Waals surface area contributed by atoms with Crippen molar-refractivity contribution in [3.05, 3.63) is 47.8 Å². The highest BCUT2D eigenvalue weighted by atomic mass is 19.1. The van der Waals surface area contributed by atoms with Crippen molar-refractivity contribution in [1.29, 1.82) is 0 Å². The van der Waals surface area contributed by atoms with E-state index in [0.29, 0.717) is 5.92 Å². The molecule has 0 nitrogen and oxygen atoms in total. The summed E-state index contributed by atoms with van der Waals surface area (Å²) < 4.78 is 13.2. The van der Waals surface area contributed by atoms with Crippen LogP contribution in [0.4, 0.5) is 4.39 Å². The van der Waals surface area contributed by atoms with E-state index >= 15 is 0 Å². The van der Waals surface area contributed by atoms with Gasteiger partial charge in [0.2, 0.25) is 0 Å². The van der Waals surface area contributed by atoms with Crippen molar-refractivity contribution in [3.63, 3.8) is 0 Å². The molecule has 13 heavy (non-hydrogen) atoms. The molecule has 0 bridgehead atoms. The zero-order chi connectivity index (χ0) is 9.10. The standard InChI is InChI=1S/C12H13F/c13-12-8-4-3-7-11(12)9-10-5-1-2-6-10/h1-4,7-8,10H,5-6,9H2. The van der Waals surface area contributed by atoms with Crippen LogP contribution in [0.25, 0.3) is 0 Å². The Morgan fingerprint density at radius 1 is 1.15 bits per heavy atom. The molecule has 0 atom stereocenters.